The minimum Gasteiger partial charge on any atom is -0.508 e. The Labute approximate surface area is 128 Å². The van der Waals surface area contributed by atoms with Crippen LogP contribution in [0.5, 0.6) is 5.75 Å². The molecule has 0 spiro atoms. The number of carbonyl (C=O) groups is 1. The second-order valence-corrected chi connectivity index (χ2v) is 5.07. The van der Waals surface area contributed by atoms with Gasteiger partial charge in [0.2, 0.25) is 0 Å². The third-order valence-electron chi connectivity index (χ3n) is 3.49. The van der Waals surface area contributed by atoms with Gasteiger partial charge in [-0.3, -0.25) is 4.79 Å². The van der Waals surface area contributed by atoms with Gasteiger partial charge in [-0.25, -0.2) is 0 Å². The Morgan fingerprint density at radius 3 is 2.59 bits per heavy atom. The molecule has 0 unspecified atom stereocenters. The van der Waals surface area contributed by atoms with Crippen molar-refractivity contribution >= 4 is 11.6 Å². The monoisotopic (exact) mass is 292 g/mol. The van der Waals surface area contributed by atoms with Gasteiger partial charge in [-0.15, -0.1) is 0 Å². The van der Waals surface area contributed by atoms with Gasteiger partial charge in [-0.1, -0.05) is 36.4 Å². The number of amides is 1. The number of benzene rings is 2. The lowest BCUT2D eigenvalue weighted by Crippen LogP contribution is -2.13. The molecule has 0 aliphatic carbocycles. The summed E-state index contributed by atoms with van der Waals surface area (Å²) >= 11 is 0. The minimum absolute atomic E-state index is 0.117. The third kappa shape index (κ3) is 2.72. The van der Waals surface area contributed by atoms with Crippen LogP contribution in [0.25, 0.3) is 11.1 Å². The first-order valence-corrected chi connectivity index (χ1v) is 6.99. The molecule has 4 heteroatoms. The zero-order valence-electron chi connectivity index (χ0n) is 12.1. The SMILES string of the molecule is Cc1[nH]cc(-c2ccccc2)c1C(=O)Nc1cccc(O)c1. The molecule has 22 heavy (non-hydrogen) atoms. The van der Waals surface area contributed by atoms with Crippen molar-refractivity contribution < 1.29 is 9.90 Å². The van der Waals surface area contributed by atoms with Crippen LogP contribution in [-0.2, 0) is 0 Å². The van der Waals surface area contributed by atoms with Crippen molar-refractivity contribution in [2.45, 2.75) is 6.92 Å². The third-order valence-corrected chi connectivity index (χ3v) is 3.49. The topological polar surface area (TPSA) is 65.1 Å². The van der Waals surface area contributed by atoms with Crippen molar-refractivity contribution in [2.24, 2.45) is 0 Å². The Kier molecular flexibility index (Phi) is 3.66. The Balaban J connectivity index is 1.95. The van der Waals surface area contributed by atoms with Gasteiger partial charge in [0, 0.05) is 29.2 Å². The van der Waals surface area contributed by atoms with Crippen LogP contribution in [0.4, 0.5) is 5.69 Å². The smallest absolute Gasteiger partial charge is 0.258 e. The molecule has 0 saturated heterocycles. The van der Waals surface area contributed by atoms with E-state index in [0.717, 1.165) is 16.8 Å². The number of aromatic nitrogens is 1. The first-order valence-electron chi connectivity index (χ1n) is 6.99. The van der Waals surface area contributed by atoms with E-state index in [0.29, 0.717) is 11.3 Å². The molecule has 110 valence electrons. The quantitative estimate of drug-likeness (QED) is 0.684. The Morgan fingerprint density at radius 1 is 1.09 bits per heavy atom. The van der Waals surface area contributed by atoms with E-state index in [2.05, 4.69) is 10.3 Å². The number of phenols is 1. The first kappa shape index (κ1) is 13.9. The molecule has 3 rings (SSSR count). The maximum absolute atomic E-state index is 12.6. The zero-order valence-corrected chi connectivity index (χ0v) is 12.1. The van der Waals surface area contributed by atoms with E-state index in [1.165, 1.54) is 6.07 Å². The van der Waals surface area contributed by atoms with E-state index >= 15 is 0 Å². The summed E-state index contributed by atoms with van der Waals surface area (Å²) < 4.78 is 0. The average molecular weight is 292 g/mol. The number of phenolic OH excluding ortho intramolecular Hbond substituents is 1. The minimum atomic E-state index is -0.205. The van der Waals surface area contributed by atoms with Crippen LogP contribution in [0.3, 0.4) is 0 Å². The molecule has 1 aromatic heterocycles. The molecule has 3 N–H and O–H groups in total. The van der Waals surface area contributed by atoms with Gasteiger partial charge in [-0.05, 0) is 24.6 Å². The lowest BCUT2D eigenvalue weighted by Gasteiger charge is -2.08. The normalized spacial score (nSPS) is 10.4. The number of H-pyrrole nitrogens is 1. The van der Waals surface area contributed by atoms with E-state index in [4.69, 9.17) is 0 Å². The molecular weight excluding hydrogens is 276 g/mol. The summed E-state index contributed by atoms with van der Waals surface area (Å²) in [6, 6.07) is 16.3. The number of hydrogen-bond acceptors (Lipinski definition) is 2. The molecular formula is C18H16N2O2. The molecule has 0 radical (unpaired) electrons. The van der Waals surface area contributed by atoms with Gasteiger partial charge in [0.25, 0.3) is 5.91 Å². The van der Waals surface area contributed by atoms with Gasteiger partial charge < -0.3 is 15.4 Å². The van der Waals surface area contributed by atoms with Gasteiger partial charge in [0.05, 0.1) is 5.56 Å². The number of anilines is 1. The molecule has 0 aliphatic rings. The molecule has 0 saturated carbocycles. The van der Waals surface area contributed by atoms with E-state index in [-0.39, 0.29) is 11.7 Å². The van der Waals surface area contributed by atoms with Crippen molar-refractivity contribution in [3.63, 3.8) is 0 Å². The highest BCUT2D eigenvalue weighted by molar-refractivity contribution is 6.09. The van der Waals surface area contributed by atoms with Crippen molar-refractivity contribution in [1.82, 2.24) is 4.98 Å². The van der Waals surface area contributed by atoms with E-state index in [9.17, 15) is 9.90 Å². The average Bonchev–Trinajstić information content (AvgIpc) is 2.90. The lowest BCUT2D eigenvalue weighted by molar-refractivity contribution is 0.102. The molecule has 0 fully saturated rings. The number of aromatic hydroxyl groups is 1. The van der Waals surface area contributed by atoms with Gasteiger partial charge in [0.1, 0.15) is 5.75 Å². The second-order valence-electron chi connectivity index (χ2n) is 5.07. The van der Waals surface area contributed by atoms with Crippen LogP contribution in [0.15, 0.2) is 60.8 Å². The molecule has 1 heterocycles. The summed E-state index contributed by atoms with van der Waals surface area (Å²) in [7, 11) is 0. The van der Waals surface area contributed by atoms with Gasteiger partial charge in [-0.2, -0.15) is 0 Å². The largest absolute Gasteiger partial charge is 0.508 e. The number of aryl methyl sites for hydroxylation is 1. The van der Waals surface area contributed by atoms with Crippen LogP contribution in [0.1, 0.15) is 16.1 Å². The molecule has 4 nitrogen and oxygen atoms in total. The number of carbonyl (C=O) groups excluding carboxylic acids is 1. The fourth-order valence-electron chi connectivity index (χ4n) is 2.44. The van der Waals surface area contributed by atoms with Crippen LogP contribution < -0.4 is 5.32 Å². The molecule has 2 aromatic carbocycles. The highest BCUT2D eigenvalue weighted by Gasteiger charge is 2.17. The number of aromatic amines is 1. The van der Waals surface area contributed by atoms with E-state index < -0.39 is 0 Å². The molecule has 3 aromatic rings. The Bertz CT molecular complexity index is 807. The van der Waals surface area contributed by atoms with Crippen LogP contribution >= 0.6 is 0 Å². The first-order chi connectivity index (χ1) is 10.6. The summed E-state index contributed by atoms with van der Waals surface area (Å²) in [6.07, 6.45) is 1.84. The predicted octanol–water partition coefficient (Wildman–Crippen LogP) is 3.95. The molecule has 1 amide bonds. The highest BCUT2D eigenvalue weighted by atomic mass is 16.3. The predicted molar refractivity (Wildman–Crippen MR) is 87.0 cm³/mol. The van der Waals surface area contributed by atoms with E-state index in [1.807, 2.05) is 43.5 Å². The van der Waals surface area contributed by atoms with Gasteiger partial charge >= 0.3 is 0 Å². The second kappa shape index (κ2) is 5.77. The molecule has 0 aliphatic heterocycles. The Morgan fingerprint density at radius 2 is 1.86 bits per heavy atom. The zero-order chi connectivity index (χ0) is 15.5. The summed E-state index contributed by atoms with van der Waals surface area (Å²) in [4.78, 5) is 15.7. The summed E-state index contributed by atoms with van der Waals surface area (Å²) in [5.74, 6) is -0.0879. The standard InChI is InChI=1S/C18H16N2O2/c1-12-17(16(11-19-12)13-6-3-2-4-7-13)18(22)20-14-8-5-9-15(21)10-14/h2-11,19,21H,1H3,(H,20,22). The summed E-state index contributed by atoms with van der Waals surface area (Å²) in [6.45, 7) is 1.86. The fraction of sp³-hybridized carbons (Fsp3) is 0.0556. The Hall–Kier alpha value is -3.01. The summed E-state index contributed by atoms with van der Waals surface area (Å²) in [5, 5.41) is 12.3. The van der Waals surface area contributed by atoms with Crippen molar-refractivity contribution in [1.29, 1.82) is 0 Å². The van der Waals surface area contributed by atoms with Crippen LogP contribution in [0.2, 0.25) is 0 Å². The molecule has 0 atom stereocenters. The van der Waals surface area contributed by atoms with Crippen molar-refractivity contribution in [2.75, 3.05) is 5.32 Å². The van der Waals surface area contributed by atoms with Crippen LogP contribution in [-0.4, -0.2) is 16.0 Å². The van der Waals surface area contributed by atoms with Crippen LogP contribution in [0, 0.1) is 6.92 Å². The maximum atomic E-state index is 12.6. The maximum Gasteiger partial charge on any atom is 0.258 e. The van der Waals surface area contributed by atoms with Crippen molar-refractivity contribution in [3.05, 3.63) is 72.1 Å². The van der Waals surface area contributed by atoms with Crippen molar-refractivity contribution in [3.8, 4) is 16.9 Å². The lowest BCUT2D eigenvalue weighted by atomic mass is 10.0. The van der Waals surface area contributed by atoms with E-state index in [1.54, 1.807) is 18.2 Å². The number of hydrogen-bond donors (Lipinski definition) is 3. The highest BCUT2D eigenvalue weighted by Crippen LogP contribution is 2.27. The number of nitrogens with one attached hydrogen (secondary N) is 2. The fourth-order valence-corrected chi connectivity index (χ4v) is 2.44. The molecule has 0 bridgehead atoms. The number of rotatable bonds is 3. The summed E-state index contributed by atoms with van der Waals surface area (Å²) in [5.41, 5.74) is 3.80. The van der Waals surface area contributed by atoms with Gasteiger partial charge in [0.15, 0.2) is 0 Å².